The van der Waals surface area contributed by atoms with Gasteiger partial charge < -0.3 is 29.3 Å². The summed E-state index contributed by atoms with van der Waals surface area (Å²) in [6.45, 7) is 8.83. The number of aromatic amines is 1. The number of fused-ring (bicyclic) bond motifs is 6. The Labute approximate surface area is 274 Å². The minimum atomic E-state index is -4.97. The van der Waals surface area contributed by atoms with Gasteiger partial charge >= 0.3 is 15.6 Å². The molecule has 0 aromatic carbocycles. The zero-order valence-corrected chi connectivity index (χ0v) is 29.5. The zero-order chi connectivity index (χ0) is 34.6. The molecule has 6 rings (SSSR count). The quantitative estimate of drug-likeness (QED) is 0.174. The van der Waals surface area contributed by atoms with Crippen LogP contribution in [0.4, 0.5) is 5.95 Å². The number of anilines is 1. The molecule has 0 amide bonds. The first-order valence-corrected chi connectivity index (χ1v) is 20.8. The predicted octanol–water partition coefficient (Wildman–Crippen LogP) is 2.37. The van der Waals surface area contributed by atoms with Crippen LogP contribution in [-0.4, -0.2) is 88.7 Å². The van der Waals surface area contributed by atoms with Gasteiger partial charge in [-0.05, 0) is 24.6 Å². The second-order valence-corrected chi connectivity index (χ2v) is 20.5. The minimum absolute atomic E-state index is 0.0203. The Kier molecular flexibility index (Phi) is 9.27. The van der Waals surface area contributed by atoms with E-state index in [4.69, 9.17) is 33.0 Å². The molecule has 0 spiro atoms. The van der Waals surface area contributed by atoms with Crippen LogP contribution in [-0.2, 0) is 49.5 Å². The van der Waals surface area contributed by atoms with E-state index in [2.05, 4.69) is 29.9 Å². The molecule has 0 radical (unpaired) electrons. The molecule has 262 valence electrons. The molecule has 20 nitrogen and oxygen atoms in total. The van der Waals surface area contributed by atoms with Crippen molar-refractivity contribution in [2.24, 2.45) is 0 Å². The Morgan fingerprint density at radius 1 is 1.10 bits per heavy atom. The summed E-state index contributed by atoms with van der Waals surface area (Å²) >= 11 is 0. The van der Waals surface area contributed by atoms with E-state index < -0.39 is 67.3 Å². The maximum absolute atomic E-state index is 13.8. The van der Waals surface area contributed by atoms with Crippen LogP contribution in [0.15, 0.2) is 23.6 Å². The van der Waals surface area contributed by atoms with Gasteiger partial charge in [0, 0.05) is 6.54 Å². The van der Waals surface area contributed by atoms with Crippen molar-refractivity contribution in [3.05, 3.63) is 35.0 Å². The maximum Gasteiger partial charge on any atom is 0.473 e. The molecule has 0 aliphatic carbocycles. The summed E-state index contributed by atoms with van der Waals surface area (Å²) in [4.78, 5) is 57.7. The van der Waals surface area contributed by atoms with Gasteiger partial charge in [-0.25, -0.2) is 29.1 Å². The van der Waals surface area contributed by atoms with Crippen molar-refractivity contribution in [2.45, 2.75) is 83.0 Å². The lowest BCUT2D eigenvalue weighted by Crippen LogP contribution is -2.50. The fourth-order valence-electron chi connectivity index (χ4n) is 5.17. The molecule has 1 saturated heterocycles. The maximum atomic E-state index is 13.8. The lowest BCUT2D eigenvalue weighted by molar-refractivity contribution is -0.0513. The standard InChI is InChI=1S/C25H37N9O11P2Si/c1-25(2,3)48(4,5)45-18-15-10-41-46(36,37)40-8-6-7-33-16(30-14-9-27-12-28-20(14)33)11-42-47(38,39)44-19(18)23(43-15)34-13-29-17-21(34)31-24(26)32-22(17)35/h9,12-13,15,18-19,23H,6-8,10-11H2,1-5H3,(H,36,37)(H,38,39)(H3,26,31,32,35)/t15-,18?,19-,23-/m1/s1. The summed E-state index contributed by atoms with van der Waals surface area (Å²) in [5, 5.41) is -0.361. The van der Waals surface area contributed by atoms with Crippen molar-refractivity contribution in [3.8, 4) is 0 Å². The van der Waals surface area contributed by atoms with Crippen molar-refractivity contribution >= 4 is 52.2 Å². The van der Waals surface area contributed by atoms with Gasteiger partial charge in [0.05, 0.1) is 25.7 Å². The summed E-state index contributed by atoms with van der Waals surface area (Å²) in [5.41, 5.74) is 5.88. The number of H-pyrrole nitrogens is 1. The predicted molar refractivity (Wildman–Crippen MR) is 170 cm³/mol. The molecule has 4 aromatic heterocycles. The van der Waals surface area contributed by atoms with E-state index in [9.17, 15) is 23.7 Å². The second-order valence-electron chi connectivity index (χ2n) is 12.9. The van der Waals surface area contributed by atoms with Gasteiger partial charge in [0.25, 0.3) is 5.56 Å². The second kappa shape index (κ2) is 12.7. The lowest BCUT2D eigenvalue weighted by atomic mass is 10.1. The molecule has 5 N–H and O–H groups in total. The third-order valence-electron chi connectivity index (χ3n) is 8.53. The van der Waals surface area contributed by atoms with E-state index in [0.717, 1.165) is 0 Å². The summed E-state index contributed by atoms with van der Waals surface area (Å²) in [6, 6.07) is 0. The number of ether oxygens (including phenoxy) is 1. The highest BCUT2D eigenvalue weighted by molar-refractivity contribution is 7.47. The summed E-state index contributed by atoms with van der Waals surface area (Å²) in [5.74, 6) is -0.00382. The van der Waals surface area contributed by atoms with E-state index in [-0.39, 0.29) is 47.5 Å². The number of hydrogen-bond donors (Lipinski definition) is 4. The van der Waals surface area contributed by atoms with Gasteiger partial charge in [-0.3, -0.25) is 32.4 Å². The van der Waals surface area contributed by atoms with E-state index >= 15 is 0 Å². The summed E-state index contributed by atoms with van der Waals surface area (Å²) in [7, 11) is -12.3. The average Bonchev–Trinajstić information content (AvgIpc) is 3.66. The monoisotopic (exact) mass is 729 g/mol. The highest BCUT2D eigenvalue weighted by atomic mass is 31.2. The molecule has 6 heterocycles. The summed E-state index contributed by atoms with van der Waals surface area (Å²) in [6.07, 6.45) is -0.890. The number of nitrogen functional groups attached to an aromatic ring is 1. The first kappa shape index (κ1) is 34.9. The van der Waals surface area contributed by atoms with Crippen LogP contribution >= 0.6 is 15.6 Å². The molecule has 2 aliphatic rings. The largest absolute Gasteiger partial charge is 0.473 e. The van der Waals surface area contributed by atoms with Crippen LogP contribution in [0, 0.1) is 0 Å². The highest BCUT2D eigenvalue weighted by Gasteiger charge is 2.54. The Bertz CT molecular complexity index is 1980. The molecule has 1 fully saturated rings. The molecular weight excluding hydrogens is 692 g/mol. The average molecular weight is 730 g/mol. The smallest absolute Gasteiger partial charge is 0.408 e. The van der Waals surface area contributed by atoms with Crippen LogP contribution < -0.4 is 11.3 Å². The normalized spacial score (nSPS) is 29.7. The Hall–Kier alpha value is -2.94. The van der Waals surface area contributed by atoms with Gasteiger partial charge in [-0.1, -0.05) is 20.8 Å². The fourth-order valence-corrected chi connectivity index (χ4v) is 8.13. The number of nitrogens with two attached hydrogens (primary N) is 1. The molecule has 2 aliphatic heterocycles. The van der Waals surface area contributed by atoms with Gasteiger partial charge in [0.1, 0.15) is 42.6 Å². The molecule has 23 heteroatoms. The van der Waals surface area contributed by atoms with E-state index in [1.165, 1.54) is 23.4 Å². The third-order valence-corrected chi connectivity index (χ3v) is 15.0. The minimum Gasteiger partial charge on any atom is -0.408 e. The van der Waals surface area contributed by atoms with Crippen LogP contribution in [0.2, 0.25) is 18.1 Å². The Balaban J connectivity index is 1.45. The zero-order valence-electron chi connectivity index (χ0n) is 26.7. The molecule has 2 bridgehead atoms. The number of imidazole rings is 2. The molecule has 4 aromatic rings. The SMILES string of the molecule is CC(C)(C)[Si](C)(C)OC1[C@H]2OP(=O)(O)OCc3nc4cncnc4n3CCCOP(=O)(O)OC[C@H]1O[C@H]2n1cnc2c(=O)[nH]c(N)nc21. The van der Waals surface area contributed by atoms with Crippen LogP contribution in [0.5, 0.6) is 0 Å². The number of aromatic nitrogens is 8. The van der Waals surface area contributed by atoms with Gasteiger partial charge in [0.2, 0.25) is 5.95 Å². The lowest BCUT2D eigenvalue weighted by Gasteiger charge is -2.40. The molecule has 3 unspecified atom stereocenters. The van der Waals surface area contributed by atoms with Gasteiger partial charge in [-0.15, -0.1) is 0 Å². The first-order valence-electron chi connectivity index (χ1n) is 14.9. The van der Waals surface area contributed by atoms with Crippen molar-refractivity contribution < 1.29 is 46.2 Å². The van der Waals surface area contributed by atoms with Crippen molar-refractivity contribution in [1.29, 1.82) is 0 Å². The van der Waals surface area contributed by atoms with E-state index in [0.29, 0.717) is 11.2 Å². The van der Waals surface area contributed by atoms with Crippen LogP contribution in [0.25, 0.3) is 22.3 Å². The topological polar surface area (TPSA) is 263 Å². The van der Waals surface area contributed by atoms with E-state index in [1.807, 2.05) is 33.9 Å². The number of nitrogens with one attached hydrogen (secondary N) is 1. The van der Waals surface area contributed by atoms with Crippen molar-refractivity contribution in [3.63, 3.8) is 0 Å². The number of phosphoric acid groups is 2. The van der Waals surface area contributed by atoms with Gasteiger partial charge in [0.15, 0.2) is 31.4 Å². The first-order chi connectivity index (χ1) is 22.4. The number of hydrogen-bond acceptors (Lipinski definition) is 15. The van der Waals surface area contributed by atoms with E-state index in [1.54, 1.807) is 4.57 Å². The third kappa shape index (κ3) is 7.03. The molecule has 0 saturated carbocycles. The number of aryl methyl sites for hydroxylation is 1. The summed E-state index contributed by atoms with van der Waals surface area (Å²) < 4.78 is 64.7. The van der Waals surface area contributed by atoms with Crippen LogP contribution in [0.1, 0.15) is 39.2 Å². The van der Waals surface area contributed by atoms with Gasteiger partial charge in [-0.2, -0.15) is 4.98 Å². The van der Waals surface area contributed by atoms with Crippen LogP contribution in [0.3, 0.4) is 0 Å². The molecule has 6 atom stereocenters. The number of phosphoric ester groups is 2. The number of rotatable bonds is 3. The highest BCUT2D eigenvalue weighted by Crippen LogP contribution is 2.53. The number of nitrogens with zero attached hydrogens (tertiary/aromatic N) is 7. The molecule has 48 heavy (non-hydrogen) atoms. The molecular formula is C25H37N9O11P2Si. The Morgan fingerprint density at radius 2 is 1.88 bits per heavy atom. The Morgan fingerprint density at radius 3 is 2.62 bits per heavy atom. The van der Waals surface area contributed by atoms with Crippen molar-refractivity contribution in [1.82, 2.24) is 39.0 Å². The fraction of sp³-hybridized carbons (Fsp3) is 0.600. The van der Waals surface area contributed by atoms with Crippen molar-refractivity contribution in [2.75, 3.05) is 18.9 Å².